The molecule has 1 spiro atoms. The van der Waals surface area contributed by atoms with Gasteiger partial charge in [-0.05, 0) is 78.4 Å². The van der Waals surface area contributed by atoms with Crippen LogP contribution in [0, 0.1) is 0 Å². The molecule has 0 radical (unpaired) electrons. The third-order valence-corrected chi connectivity index (χ3v) is 7.03. The standard InChI is InChI=1S/C23H33BN2O5/c1-20(2,3)29-19(28)26-13-11-23(12-14-26)17-15(9-8-10-16(17)25-18(23)27)24-30-21(4,5)22(6,7)31-24/h8-10H,11-14H2,1-7H3,(H,25,27). The van der Waals surface area contributed by atoms with Crippen molar-refractivity contribution in [3.8, 4) is 0 Å². The van der Waals surface area contributed by atoms with Gasteiger partial charge in [-0.3, -0.25) is 4.79 Å². The predicted molar refractivity (Wildman–Crippen MR) is 120 cm³/mol. The van der Waals surface area contributed by atoms with Crippen LogP contribution in [0.5, 0.6) is 0 Å². The second kappa shape index (κ2) is 6.97. The molecular formula is C23H33BN2O5. The van der Waals surface area contributed by atoms with Gasteiger partial charge in [0.15, 0.2) is 0 Å². The lowest BCUT2D eigenvalue weighted by molar-refractivity contribution is -0.122. The van der Waals surface area contributed by atoms with E-state index in [0.717, 1.165) is 16.7 Å². The molecule has 2 saturated heterocycles. The highest BCUT2D eigenvalue weighted by molar-refractivity contribution is 6.63. The van der Waals surface area contributed by atoms with E-state index in [9.17, 15) is 9.59 Å². The van der Waals surface area contributed by atoms with Crippen molar-refractivity contribution in [2.75, 3.05) is 18.4 Å². The number of anilines is 1. The van der Waals surface area contributed by atoms with Gasteiger partial charge in [-0.15, -0.1) is 0 Å². The summed E-state index contributed by atoms with van der Waals surface area (Å²) in [4.78, 5) is 27.4. The number of nitrogens with zero attached hydrogens (tertiary/aromatic N) is 1. The summed E-state index contributed by atoms with van der Waals surface area (Å²) in [6, 6.07) is 5.84. The Bertz CT molecular complexity index is 897. The van der Waals surface area contributed by atoms with Gasteiger partial charge in [0.25, 0.3) is 0 Å². The van der Waals surface area contributed by atoms with Crippen molar-refractivity contribution in [2.45, 2.75) is 83.5 Å². The molecule has 3 aliphatic rings. The molecule has 8 heteroatoms. The summed E-state index contributed by atoms with van der Waals surface area (Å²) < 4.78 is 18.1. The Morgan fingerprint density at radius 1 is 1.10 bits per heavy atom. The molecule has 1 N–H and O–H groups in total. The number of carbonyl (C=O) groups excluding carboxylic acids is 2. The summed E-state index contributed by atoms with van der Waals surface area (Å²) in [6.07, 6.45) is 0.726. The topological polar surface area (TPSA) is 77.1 Å². The molecule has 0 aliphatic carbocycles. The Morgan fingerprint density at radius 2 is 1.68 bits per heavy atom. The third-order valence-electron chi connectivity index (χ3n) is 7.03. The van der Waals surface area contributed by atoms with Gasteiger partial charge in [0, 0.05) is 18.8 Å². The fourth-order valence-corrected chi connectivity index (χ4v) is 4.60. The van der Waals surface area contributed by atoms with Crippen LogP contribution in [0.4, 0.5) is 10.5 Å². The zero-order valence-electron chi connectivity index (χ0n) is 19.6. The van der Waals surface area contributed by atoms with Crippen molar-refractivity contribution in [2.24, 2.45) is 0 Å². The Labute approximate surface area is 184 Å². The van der Waals surface area contributed by atoms with E-state index in [1.807, 2.05) is 66.7 Å². The van der Waals surface area contributed by atoms with Crippen molar-refractivity contribution >= 4 is 30.3 Å². The van der Waals surface area contributed by atoms with Crippen LogP contribution in [-0.2, 0) is 24.3 Å². The number of piperidine rings is 1. The summed E-state index contributed by atoms with van der Waals surface area (Å²) in [5, 5.41) is 3.06. The minimum Gasteiger partial charge on any atom is -0.444 e. The van der Waals surface area contributed by atoms with E-state index in [4.69, 9.17) is 14.0 Å². The quantitative estimate of drug-likeness (QED) is 0.696. The number of fused-ring (bicyclic) bond motifs is 2. The highest BCUT2D eigenvalue weighted by atomic mass is 16.7. The van der Waals surface area contributed by atoms with Crippen LogP contribution >= 0.6 is 0 Å². The number of ether oxygens (including phenoxy) is 1. The fraction of sp³-hybridized carbons (Fsp3) is 0.652. The Hall–Kier alpha value is -2.06. The fourth-order valence-electron chi connectivity index (χ4n) is 4.60. The lowest BCUT2D eigenvalue weighted by atomic mass is 9.65. The maximum atomic E-state index is 13.2. The normalized spacial score (nSPS) is 23.6. The lowest BCUT2D eigenvalue weighted by Gasteiger charge is -2.39. The second-order valence-corrected chi connectivity index (χ2v) is 10.9. The second-order valence-electron chi connectivity index (χ2n) is 10.9. The van der Waals surface area contributed by atoms with Gasteiger partial charge in [0.2, 0.25) is 5.91 Å². The number of hydrogen-bond acceptors (Lipinski definition) is 5. The van der Waals surface area contributed by atoms with Crippen LogP contribution < -0.4 is 10.8 Å². The first-order valence-corrected chi connectivity index (χ1v) is 11.0. The van der Waals surface area contributed by atoms with Crippen LogP contribution in [0.25, 0.3) is 0 Å². The van der Waals surface area contributed by atoms with E-state index in [1.165, 1.54) is 0 Å². The molecule has 4 rings (SSSR count). The average molecular weight is 428 g/mol. The van der Waals surface area contributed by atoms with Gasteiger partial charge in [0.1, 0.15) is 5.60 Å². The van der Waals surface area contributed by atoms with Gasteiger partial charge in [-0.1, -0.05) is 12.1 Å². The minimum atomic E-state index is -0.700. The molecule has 7 nitrogen and oxygen atoms in total. The van der Waals surface area contributed by atoms with Crippen LogP contribution in [0.1, 0.15) is 66.9 Å². The maximum absolute atomic E-state index is 13.2. The molecule has 2 fully saturated rings. The highest BCUT2D eigenvalue weighted by Gasteiger charge is 2.56. The molecule has 0 unspecified atom stereocenters. The highest BCUT2D eigenvalue weighted by Crippen LogP contribution is 2.46. The summed E-state index contributed by atoms with van der Waals surface area (Å²) in [5.41, 5.74) is 0.458. The van der Waals surface area contributed by atoms with Gasteiger partial charge in [-0.25, -0.2) is 4.79 Å². The summed E-state index contributed by atoms with van der Waals surface area (Å²) in [5.74, 6) is -0.0182. The summed E-state index contributed by atoms with van der Waals surface area (Å²) in [6.45, 7) is 14.6. The smallest absolute Gasteiger partial charge is 0.444 e. The zero-order valence-corrected chi connectivity index (χ0v) is 19.6. The van der Waals surface area contributed by atoms with Crippen LogP contribution in [0.3, 0.4) is 0 Å². The van der Waals surface area contributed by atoms with Crippen LogP contribution in [0.2, 0.25) is 0 Å². The summed E-state index contributed by atoms with van der Waals surface area (Å²) >= 11 is 0. The lowest BCUT2D eigenvalue weighted by Crippen LogP contribution is -2.51. The van der Waals surface area contributed by atoms with Crippen molar-refractivity contribution in [3.63, 3.8) is 0 Å². The van der Waals surface area contributed by atoms with E-state index >= 15 is 0 Å². The Morgan fingerprint density at radius 3 is 2.23 bits per heavy atom. The number of amides is 2. The van der Waals surface area contributed by atoms with Crippen molar-refractivity contribution in [1.29, 1.82) is 0 Å². The number of nitrogens with one attached hydrogen (secondary N) is 1. The number of likely N-dealkylation sites (tertiary alicyclic amines) is 1. The molecule has 3 heterocycles. The zero-order chi connectivity index (χ0) is 22.8. The van der Waals surface area contributed by atoms with E-state index < -0.39 is 29.3 Å². The first kappa shape index (κ1) is 22.2. The molecule has 0 aromatic heterocycles. The molecule has 0 bridgehead atoms. The number of hydrogen-bond donors (Lipinski definition) is 1. The molecule has 1 aromatic carbocycles. The predicted octanol–water partition coefficient (Wildman–Crippen LogP) is 3.21. The molecule has 3 aliphatic heterocycles. The number of carbonyl (C=O) groups is 2. The molecular weight excluding hydrogens is 395 g/mol. The number of benzene rings is 1. The molecule has 2 amide bonds. The first-order chi connectivity index (χ1) is 14.3. The van der Waals surface area contributed by atoms with Crippen molar-refractivity contribution < 1.29 is 23.6 Å². The van der Waals surface area contributed by atoms with E-state index in [0.29, 0.717) is 25.9 Å². The third kappa shape index (κ3) is 3.63. The average Bonchev–Trinajstić information content (AvgIpc) is 3.03. The maximum Gasteiger partial charge on any atom is 0.495 e. The van der Waals surface area contributed by atoms with Crippen LogP contribution in [0.15, 0.2) is 18.2 Å². The molecule has 168 valence electrons. The SMILES string of the molecule is CC(C)(C)OC(=O)N1CCC2(CC1)C(=O)Nc1cccc(B3OC(C)(C)C(C)(C)O3)c12. The van der Waals surface area contributed by atoms with Gasteiger partial charge < -0.3 is 24.3 Å². The molecule has 31 heavy (non-hydrogen) atoms. The first-order valence-electron chi connectivity index (χ1n) is 11.0. The van der Waals surface area contributed by atoms with Crippen LogP contribution in [-0.4, -0.2) is 53.9 Å². The van der Waals surface area contributed by atoms with Gasteiger partial charge in [-0.2, -0.15) is 0 Å². The Kier molecular flexibility index (Phi) is 4.98. The molecule has 0 atom stereocenters. The minimum absolute atomic E-state index is 0.0182. The summed E-state index contributed by atoms with van der Waals surface area (Å²) in [7, 11) is -0.548. The monoisotopic (exact) mass is 428 g/mol. The van der Waals surface area contributed by atoms with E-state index in [1.54, 1.807) is 4.90 Å². The van der Waals surface area contributed by atoms with E-state index in [2.05, 4.69) is 5.32 Å². The van der Waals surface area contributed by atoms with E-state index in [-0.39, 0.29) is 12.0 Å². The van der Waals surface area contributed by atoms with Gasteiger partial charge in [0.05, 0.1) is 16.6 Å². The molecule has 0 saturated carbocycles. The molecule has 1 aromatic rings. The van der Waals surface area contributed by atoms with Crippen molar-refractivity contribution in [1.82, 2.24) is 4.90 Å². The van der Waals surface area contributed by atoms with Gasteiger partial charge >= 0.3 is 13.2 Å². The largest absolute Gasteiger partial charge is 0.495 e. The number of rotatable bonds is 1. The Balaban J connectivity index is 1.63. The van der Waals surface area contributed by atoms with Crippen molar-refractivity contribution in [3.05, 3.63) is 23.8 Å².